The summed E-state index contributed by atoms with van der Waals surface area (Å²) in [4.78, 5) is 0. The quantitative estimate of drug-likeness (QED) is 0.603. The Morgan fingerprint density at radius 2 is 1.05 bits per heavy atom. The molecule has 3 heteroatoms. The molecular formula is C17H32OSi2. The topological polar surface area (TPSA) is 20.2 Å². The van der Waals surface area contributed by atoms with Gasteiger partial charge in [0.05, 0.1) is 0 Å². The van der Waals surface area contributed by atoms with Crippen molar-refractivity contribution in [2.45, 2.75) is 83.9 Å². The summed E-state index contributed by atoms with van der Waals surface area (Å²) >= 11 is 0. The maximum absolute atomic E-state index is 10.0. The Bertz CT molecular complexity index is 400. The van der Waals surface area contributed by atoms with Crippen molar-refractivity contribution in [3.05, 3.63) is 0 Å². The van der Waals surface area contributed by atoms with E-state index in [0.717, 1.165) is 0 Å². The summed E-state index contributed by atoms with van der Waals surface area (Å²) in [6, 6.07) is 0. The third-order valence-electron chi connectivity index (χ3n) is 3.88. The molecule has 114 valence electrons. The van der Waals surface area contributed by atoms with Crippen LogP contribution in [0.5, 0.6) is 0 Å². The van der Waals surface area contributed by atoms with Crippen LogP contribution in [0.25, 0.3) is 0 Å². The predicted octanol–water partition coefficient (Wildman–Crippen LogP) is 4.45. The lowest BCUT2D eigenvalue weighted by Gasteiger charge is -2.38. The Morgan fingerprint density at radius 1 is 0.700 bits per heavy atom. The standard InChI is InChI=1S/C17H32OSi2/c1-14(2)20(15(3)4,16(5)6)13-11-17(18)10-12-19(7,8)9/h14-18H,1-9H3. The lowest BCUT2D eigenvalue weighted by atomic mass is 10.4. The SMILES string of the molecule is CC(C)[Si](C#CC(O)C#C[Si](C)(C)C)(C(C)C)C(C)C. The van der Waals surface area contributed by atoms with E-state index in [2.05, 4.69) is 84.1 Å². The van der Waals surface area contributed by atoms with Crippen molar-refractivity contribution in [2.24, 2.45) is 0 Å². The molecule has 20 heavy (non-hydrogen) atoms. The largest absolute Gasteiger partial charge is 0.369 e. The maximum atomic E-state index is 10.0. The first-order valence-electron chi connectivity index (χ1n) is 7.67. The van der Waals surface area contributed by atoms with Gasteiger partial charge in [0, 0.05) is 0 Å². The maximum Gasteiger partial charge on any atom is 0.175 e. The fourth-order valence-electron chi connectivity index (χ4n) is 2.95. The van der Waals surface area contributed by atoms with E-state index in [1.54, 1.807) is 0 Å². The number of rotatable bonds is 3. The van der Waals surface area contributed by atoms with Gasteiger partial charge < -0.3 is 5.11 Å². The molecule has 0 aromatic carbocycles. The van der Waals surface area contributed by atoms with Crippen LogP contribution in [0.2, 0.25) is 36.3 Å². The van der Waals surface area contributed by atoms with Crippen molar-refractivity contribution < 1.29 is 5.11 Å². The van der Waals surface area contributed by atoms with Crippen LogP contribution in [-0.4, -0.2) is 27.4 Å². The van der Waals surface area contributed by atoms with E-state index >= 15 is 0 Å². The zero-order chi connectivity index (χ0) is 16.1. The van der Waals surface area contributed by atoms with Gasteiger partial charge in [-0.15, -0.1) is 11.1 Å². The van der Waals surface area contributed by atoms with Gasteiger partial charge in [0.1, 0.15) is 16.1 Å². The second kappa shape index (κ2) is 7.50. The molecule has 0 aliphatic rings. The van der Waals surface area contributed by atoms with Crippen LogP contribution in [0.3, 0.4) is 0 Å². The van der Waals surface area contributed by atoms with Crippen LogP contribution >= 0.6 is 0 Å². The van der Waals surface area contributed by atoms with Gasteiger partial charge >= 0.3 is 0 Å². The Hall–Kier alpha value is -0.486. The average molecular weight is 309 g/mol. The Kier molecular flexibility index (Phi) is 7.32. The predicted molar refractivity (Wildman–Crippen MR) is 96.0 cm³/mol. The van der Waals surface area contributed by atoms with Crippen LogP contribution in [0.1, 0.15) is 41.5 Å². The van der Waals surface area contributed by atoms with Crippen molar-refractivity contribution in [3.8, 4) is 22.9 Å². The highest BCUT2D eigenvalue weighted by atomic mass is 28.3. The first-order chi connectivity index (χ1) is 8.93. The van der Waals surface area contributed by atoms with Gasteiger partial charge in [0.15, 0.2) is 6.10 Å². The fraction of sp³-hybridized carbons (Fsp3) is 0.765. The molecular weight excluding hydrogens is 276 g/mol. The molecule has 0 aromatic rings. The molecule has 0 radical (unpaired) electrons. The van der Waals surface area contributed by atoms with Gasteiger partial charge in [-0.25, -0.2) is 0 Å². The molecule has 0 spiro atoms. The van der Waals surface area contributed by atoms with Crippen molar-refractivity contribution in [3.63, 3.8) is 0 Å². The minimum Gasteiger partial charge on any atom is -0.369 e. The molecule has 1 unspecified atom stereocenters. The van der Waals surface area contributed by atoms with Crippen LogP contribution < -0.4 is 0 Å². The summed E-state index contributed by atoms with van der Waals surface area (Å²) in [6.07, 6.45) is -0.787. The number of hydrogen-bond acceptors (Lipinski definition) is 1. The van der Waals surface area contributed by atoms with Gasteiger partial charge in [-0.1, -0.05) is 73.0 Å². The molecule has 0 heterocycles. The summed E-state index contributed by atoms with van der Waals surface area (Å²) in [6.45, 7) is 20.2. The molecule has 0 aliphatic heterocycles. The fourth-order valence-corrected chi connectivity index (χ4v) is 8.77. The van der Waals surface area contributed by atoms with Crippen LogP contribution in [0.15, 0.2) is 0 Å². The highest BCUT2D eigenvalue weighted by Gasteiger charge is 2.41. The van der Waals surface area contributed by atoms with E-state index in [-0.39, 0.29) is 0 Å². The van der Waals surface area contributed by atoms with Crippen molar-refractivity contribution >= 4 is 16.1 Å². The van der Waals surface area contributed by atoms with Gasteiger partial charge in [-0.05, 0) is 16.6 Å². The van der Waals surface area contributed by atoms with E-state index in [9.17, 15) is 5.11 Å². The third kappa shape index (κ3) is 5.48. The third-order valence-corrected chi connectivity index (χ3v) is 11.1. The summed E-state index contributed by atoms with van der Waals surface area (Å²) in [5, 5.41) is 10.0. The van der Waals surface area contributed by atoms with Crippen molar-refractivity contribution in [1.29, 1.82) is 0 Å². The van der Waals surface area contributed by atoms with Crippen LogP contribution in [0.4, 0.5) is 0 Å². The first-order valence-corrected chi connectivity index (χ1v) is 13.4. The number of hydrogen-bond donors (Lipinski definition) is 1. The Labute approximate surface area is 128 Å². The second-order valence-corrected chi connectivity index (χ2v) is 17.9. The normalized spacial score (nSPS) is 13.8. The monoisotopic (exact) mass is 308 g/mol. The molecule has 0 rings (SSSR count). The van der Waals surface area contributed by atoms with Gasteiger partial charge in [-0.3, -0.25) is 0 Å². The molecule has 1 atom stereocenters. The second-order valence-electron chi connectivity index (χ2n) is 7.59. The molecule has 0 saturated carbocycles. The van der Waals surface area contributed by atoms with Crippen molar-refractivity contribution in [2.75, 3.05) is 0 Å². The highest BCUT2D eigenvalue weighted by molar-refractivity contribution is 6.90. The molecule has 0 bridgehead atoms. The number of aliphatic hydroxyl groups is 1. The lowest BCUT2D eigenvalue weighted by Crippen LogP contribution is -2.43. The first kappa shape index (κ1) is 19.5. The molecule has 1 nitrogen and oxygen atoms in total. The van der Waals surface area contributed by atoms with Gasteiger partial charge in [0.2, 0.25) is 0 Å². The molecule has 1 N–H and O–H groups in total. The van der Waals surface area contributed by atoms with E-state index in [4.69, 9.17) is 0 Å². The van der Waals surface area contributed by atoms with Gasteiger partial charge in [0.25, 0.3) is 0 Å². The summed E-state index contributed by atoms with van der Waals surface area (Å²) in [5.41, 5.74) is 8.49. The summed E-state index contributed by atoms with van der Waals surface area (Å²) in [5.74, 6) is 5.98. The molecule has 0 saturated heterocycles. The minimum absolute atomic E-state index is 0.590. The smallest absolute Gasteiger partial charge is 0.175 e. The van der Waals surface area contributed by atoms with Crippen LogP contribution in [-0.2, 0) is 0 Å². The summed E-state index contributed by atoms with van der Waals surface area (Å²) < 4.78 is 0. The molecule has 0 fully saturated rings. The summed E-state index contributed by atoms with van der Waals surface area (Å²) in [7, 11) is -3.18. The lowest BCUT2D eigenvalue weighted by molar-refractivity contribution is 0.290. The Balaban J connectivity index is 5.40. The average Bonchev–Trinajstić information content (AvgIpc) is 2.24. The number of aliphatic hydroxyl groups excluding tert-OH is 1. The molecule has 0 aromatic heterocycles. The zero-order valence-electron chi connectivity index (χ0n) is 14.8. The molecule has 0 amide bonds. The van der Waals surface area contributed by atoms with E-state index in [1.165, 1.54) is 0 Å². The Morgan fingerprint density at radius 3 is 1.35 bits per heavy atom. The van der Waals surface area contributed by atoms with Crippen LogP contribution in [0, 0.1) is 22.9 Å². The molecule has 0 aliphatic carbocycles. The van der Waals surface area contributed by atoms with E-state index in [1.807, 2.05) is 0 Å². The zero-order valence-corrected chi connectivity index (χ0v) is 16.8. The van der Waals surface area contributed by atoms with Crippen molar-refractivity contribution in [1.82, 2.24) is 0 Å². The van der Waals surface area contributed by atoms with E-state index < -0.39 is 22.3 Å². The van der Waals surface area contributed by atoms with Gasteiger partial charge in [-0.2, -0.15) is 0 Å². The minimum atomic E-state index is -1.74. The highest BCUT2D eigenvalue weighted by Crippen LogP contribution is 2.40. The van der Waals surface area contributed by atoms with E-state index in [0.29, 0.717) is 16.6 Å².